The first kappa shape index (κ1) is 33.8. The second kappa shape index (κ2) is 11.3. The summed E-state index contributed by atoms with van der Waals surface area (Å²) in [5, 5.41) is 33.3. The second-order valence-corrected chi connectivity index (χ2v) is 17.1. The van der Waals surface area contributed by atoms with Crippen LogP contribution in [0.25, 0.3) is 0 Å². The van der Waals surface area contributed by atoms with Crippen LogP contribution < -0.4 is 0 Å². The average Bonchev–Trinajstić information content (AvgIpc) is 3.61. The van der Waals surface area contributed by atoms with Gasteiger partial charge in [0.1, 0.15) is 30.2 Å². The lowest BCUT2D eigenvalue weighted by Crippen LogP contribution is -2.79. The number of aliphatic hydroxyl groups is 3. The number of hydrogen-bond donors (Lipinski definition) is 3. The predicted octanol–water partition coefficient (Wildman–Crippen LogP) is 3.98. The summed E-state index contributed by atoms with van der Waals surface area (Å²) in [6.07, 6.45) is 4.49. The molecule has 1 aromatic heterocycles. The van der Waals surface area contributed by atoms with Crippen LogP contribution in [0.3, 0.4) is 0 Å². The van der Waals surface area contributed by atoms with E-state index in [1.165, 1.54) is 0 Å². The molecule has 3 N–H and O–H groups in total. The van der Waals surface area contributed by atoms with Gasteiger partial charge in [0, 0.05) is 28.2 Å². The summed E-state index contributed by atoms with van der Waals surface area (Å²) >= 11 is 0. The maximum atomic E-state index is 15.0. The van der Waals surface area contributed by atoms with E-state index in [9.17, 15) is 24.9 Å². The fraction of sp³-hybridized carbons (Fsp3) is 0.816. The van der Waals surface area contributed by atoms with E-state index in [1.54, 1.807) is 6.26 Å². The van der Waals surface area contributed by atoms with Crippen molar-refractivity contribution in [2.75, 3.05) is 13.2 Å². The lowest BCUT2D eigenvalue weighted by molar-refractivity contribution is -0.275. The number of ether oxygens (including phenoxy) is 4. The van der Waals surface area contributed by atoms with Crippen LogP contribution in [0, 0.1) is 39.9 Å². The minimum Gasteiger partial charge on any atom is -0.469 e. The number of carbonyl (C=O) groups is 3. The number of ketones is 1. The highest BCUT2D eigenvalue weighted by Crippen LogP contribution is 2.82. The molecule has 8 rings (SSSR count). The van der Waals surface area contributed by atoms with Gasteiger partial charge in [-0.3, -0.25) is 9.59 Å². The Morgan fingerprint density at radius 2 is 1.78 bits per heavy atom. The van der Waals surface area contributed by atoms with Crippen molar-refractivity contribution in [1.82, 2.24) is 0 Å². The van der Waals surface area contributed by atoms with Gasteiger partial charge in [0.25, 0.3) is 0 Å². The normalized spacial score (nSPS) is 45.2. The fourth-order valence-corrected chi connectivity index (χ4v) is 13.0. The van der Waals surface area contributed by atoms with Crippen LogP contribution in [0.15, 0.2) is 16.7 Å². The third kappa shape index (κ3) is 4.17. The minimum absolute atomic E-state index is 0.0331. The van der Waals surface area contributed by atoms with Crippen LogP contribution in [0.2, 0.25) is 0 Å². The Hall–Kier alpha value is -2.31. The molecule has 0 amide bonds. The molecule has 11 heteroatoms. The van der Waals surface area contributed by atoms with Crippen LogP contribution in [-0.4, -0.2) is 81.9 Å². The second-order valence-electron chi connectivity index (χ2n) is 17.1. The van der Waals surface area contributed by atoms with Crippen molar-refractivity contribution in [3.8, 4) is 0 Å². The van der Waals surface area contributed by atoms with Crippen molar-refractivity contribution in [3.63, 3.8) is 0 Å². The van der Waals surface area contributed by atoms with Gasteiger partial charge < -0.3 is 38.7 Å². The van der Waals surface area contributed by atoms with Crippen LogP contribution in [0.5, 0.6) is 0 Å². The van der Waals surface area contributed by atoms with Gasteiger partial charge in [-0.2, -0.15) is 0 Å². The zero-order chi connectivity index (χ0) is 34.7. The number of esters is 2. The molecule has 49 heavy (non-hydrogen) atoms. The Labute approximate surface area is 287 Å². The summed E-state index contributed by atoms with van der Waals surface area (Å²) < 4.78 is 31.8. The van der Waals surface area contributed by atoms with Crippen molar-refractivity contribution < 1.29 is 53.1 Å². The highest BCUT2D eigenvalue weighted by Gasteiger charge is 2.92. The van der Waals surface area contributed by atoms with E-state index < -0.39 is 69.9 Å². The SMILES string of the molecule is CCC[C@H](Cc1occc1[C@@H]1OC(=O)[C@H]2O[C@]23[C@]2(C4CCCCC4)[C@H](O)C(=O)[C@@H]4C(C)(C)O[C@H]5CC(=O)OC[C@]54[C@H]2CC[C@@]13C)[C@H](O)CO. The molecule has 1 aromatic rings. The summed E-state index contributed by atoms with van der Waals surface area (Å²) in [6.45, 7) is 7.54. The standard InChI is InChI=1S/C38H52O11/c1-5-9-20(23(40)18-39)16-24-22(13-15-45-24)31-35(4)14-12-25-36-19-46-27(41)17-26(36)48-34(2,3)29(36)28(42)30(43)37(25,21-10-7-6-8-11-21)38(35)32(49-38)33(44)47-31/h13,15,20-21,23,25-26,29-32,39-40,43H,5-12,14,16-19H2,1-4H3/t20-,23-,25-,26+,29-,30-,31+,32-,35+,36+,37+,38-/m1/s1. The van der Waals surface area contributed by atoms with E-state index in [2.05, 4.69) is 6.92 Å². The lowest BCUT2D eigenvalue weighted by Gasteiger charge is -2.70. The van der Waals surface area contributed by atoms with E-state index in [-0.39, 0.29) is 49.1 Å². The number of carbonyl (C=O) groups excluding carboxylic acids is 3. The van der Waals surface area contributed by atoms with E-state index in [0.29, 0.717) is 37.0 Å². The van der Waals surface area contributed by atoms with E-state index >= 15 is 4.79 Å². The Morgan fingerprint density at radius 3 is 2.49 bits per heavy atom. The molecule has 4 aliphatic heterocycles. The molecule has 0 radical (unpaired) electrons. The van der Waals surface area contributed by atoms with E-state index in [4.69, 9.17) is 23.4 Å². The monoisotopic (exact) mass is 684 g/mol. The third-order valence-corrected chi connectivity index (χ3v) is 14.6. The quantitative estimate of drug-likeness (QED) is 0.268. The number of hydrogen-bond acceptors (Lipinski definition) is 11. The van der Waals surface area contributed by atoms with Gasteiger partial charge in [-0.05, 0) is 69.8 Å². The summed E-state index contributed by atoms with van der Waals surface area (Å²) in [5.74, 6) is -1.97. The molecule has 270 valence electrons. The smallest absolute Gasteiger partial charge is 0.339 e. The van der Waals surface area contributed by atoms with Gasteiger partial charge in [0.15, 0.2) is 11.9 Å². The first-order chi connectivity index (χ1) is 23.3. The molecule has 0 aromatic carbocycles. The highest BCUT2D eigenvalue weighted by molar-refractivity contribution is 5.92. The van der Waals surface area contributed by atoms with Gasteiger partial charge in [0.2, 0.25) is 0 Å². The van der Waals surface area contributed by atoms with Crippen LogP contribution in [0.4, 0.5) is 0 Å². The molecule has 3 saturated carbocycles. The zero-order valence-corrected chi connectivity index (χ0v) is 29.2. The van der Waals surface area contributed by atoms with Gasteiger partial charge in [-0.1, -0.05) is 39.5 Å². The van der Waals surface area contributed by atoms with E-state index in [1.807, 2.05) is 26.8 Å². The molecule has 7 fully saturated rings. The maximum absolute atomic E-state index is 15.0. The molecule has 2 spiro atoms. The lowest BCUT2D eigenvalue weighted by atomic mass is 9.33. The van der Waals surface area contributed by atoms with Gasteiger partial charge in [-0.15, -0.1) is 0 Å². The number of cyclic esters (lactones) is 2. The number of rotatable bonds is 8. The first-order valence-electron chi connectivity index (χ1n) is 18.6. The summed E-state index contributed by atoms with van der Waals surface area (Å²) in [5.41, 5.74) is -4.33. The third-order valence-electron chi connectivity index (χ3n) is 14.6. The summed E-state index contributed by atoms with van der Waals surface area (Å²) in [6, 6.07) is 1.82. The topological polar surface area (TPSA) is 165 Å². The Balaban J connectivity index is 1.30. The first-order valence-corrected chi connectivity index (χ1v) is 18.6. The molecule has 0 unspecified atom stereocenters. The number of furan rings is 1. The van der Waals surface area contributed by atoms with Gasteiger partial charge in [0.05, 0.1) is 43.0 Å². The molecule has 0 bridgehead atoms. The molecule has 7 aliphatic rings. The minimum atomic E-state index is -1.41. The number of aliphatic hydroxyl groups excluding tert-OH is 3. The highest BCUT2D eigenvalue weighted by atomic mass is 16.7. The van der Waals surface area contributed by atoms with Crippen molar-refractivity contribution in [1.29, 1.82) is 0 Å². The van der Waals surface area contributed by atoms with Crippen molar-refractivity contribution >= 4 is 17.7 Å². The molecular weight excluding hydrogens is 632 g/mol. The molecule has 5 heterocycles. The largest absolute Gasteiger partial charge is 0.469 e. The molecule has 12 atom stereocenters. The number of Topliss-reactive ketones (excluding diaryl/α,β-unsaturated/α-hetero) is 1. The van der Waals surface area contributed by atoms with Gasteiger partial charge in [-0.25, -0.2) is 4.79 Å². The Morgan fingerprint density at radius 1 is 1.02 bits per heavy atom. The molecule has 11 nitrogen and oxygen atoms in total. The van der Waals surface area contributed by atoms with Gasteiger partial charge >= 0.3 is 11.9 Å². The Kier molecular flexibility index (Phi) is 7.83. The Bertz CT molecular complexity index is 1510. The van der Waals surface area contributed by atoms with Crippen molar-refractivity contribution in [2.24, 2.45) is 39.9 Å². The molecule has 4 saturated heterocycles. The van der Waals surface area contributed by atoms with Crippen LogP contribution in [-0.2, 0) is 39.8 Å². The molecular formula is C38H52O11. The molecule has 3 aliphatic carbocycles. The fourth-order valence-electron chi connectivity index (χ4n) is 13.0. The van der Waals surface area contributed by atoms with Crippen molar-refractivity contribution in [2.45, 2.75) is 140 Å². The van der Waals surface area contributed by atoms with Crippen LogP contribution >= 0.6 is 0 Å². The van der Waals surface area contributed by atoms with Crippen molar-refractivity contribution in [3.05, 3.63) is 23.7 Å². The predicted molar refractivity (Wildman–Crippen MR) is 172 cm³/mol. The van der Waals surface area contributed by atoms with Crippen LogP contribution in [0.1, 0.15) is 109 Å². The summed E-state index contributed by atoms with van der Waals surface area (Å²) in [7, 11) is 0. The summed E-state index contributed by atoms with van der Waals surface area (Å²) in [4.78, 5) is 42.0. The van der Waals surface area contributed by atoms with E-state index in [0.717, 1.165) is 38.5 Å². The maximum Gasteiger partial charge on any atom is 0.339 e. The average molecular weight is 685 g/mol. The number of fused-ring (bicyclic) bond motifs is 1. The number of epoxide rings is 1. The zero-order valence-electron chi connectivity index (χ0n) is 29.2.